The van der Waals surface area contributed by atoms with Gasteiger partial charge in [0.2, 0.25) is 0 Å². The minimum atomic E-state index is -1.95. The van der Waals surface area contributed by atoms with Gasteiger partial charge in [-0.1, -0.05) is 0 Å². The molecule has 12 heavy (non-hydrogen) atoms. The van der Waals surface area contributed by atoms with Gasteiger partial charge in [0, 0.05) is 0 Å². The lowest BCUT2D eigenvalue weighted by atomic mass is 10.1. The normalized spacial score (nSPS) is 23.6. The molecule has 1 aliphatic rings. The Balaban J connectivity index is 2.83. The fourth-order valence-corrected chi connectivity index (χ4v) is 3.31. The first-order chi connectivity index (χ1) is 5.41. The Bertz CT molecular complexity index is 247. The first kappa shape index (κ1) is 9.99. The zero-order valence-electron chi connectivity index (χ0n) is 8.00. The standard InChI is InChI=1S/C8H17NO2S/c1-8(2,3)9-12(10)6-4-11-5-7-12/h4-7H2,1-3H3. The van der Waals surface area contributed by atoms with Crippen LogP contribution in [0.5, 0.6) is 0 Å². The first-order valence-corrected chi connectivity index (χ1v) is 6.08. The van der Waals surface area contributed by atoms with Crippen molar-refractivity contribution in [1.82, 2.24) is 0 Å². The van der Waals surface area contributed by atoms with Crippen LogP contribution in [-0.4, -0.2) is 34.5 Å². The second-order valence-corrected chi connectivity index (χ2v) is 6.60. The van der Waals surface area contributed by atoms with E-state index in [1.54, 1.807) is 0 Å². The number of nitrogens with zero attached hydrogens (tertiary/aromatic N) is 1. The van der Waals surface area contributed by atoms with Crippen LogP contribution in [0.4, 0.5) is 0 Å². The molecule has 1 fully saturated rings. The van der Waals surface area contributed by atoms with Crippen LogP contribution in [0.2, 0.25) is 0 Å². The Morgan fingerprint density at radius 2 is 1.75 bits per heavy atom. The maximum atomic E-state index is 12.0. The van der Waals surface area contributed by atoms with Crippen LogP contribution < -0.4 is 0 Å². The molecule has 0 aliphatic carbocycles. The molecular weight excluding hydrogens is 174 g/mol. The van der Waals surface area contributed by atoms with E-state index in [1.807, 2.05) is 20.8 Å². The third kappa shape index (κ3) is 3.11. The molecule has 1 aliphatic heterocycles. The summed E-state index contributed by atoms with van der Waals surface area (Å²) in [4.78, 5) is 0. The topological polar surface area (TPSA) is 38.7 Å². The average molecular weight is 191 g/mol. The van der Waals surface area contributed by atoms with Crippen LogP contribution in [0.3, 0.4) is 0 Å². The van der Waals surface area contributed by atoms with Gasteiger partial charge >= 0.3 is 0 Å². The van der Waals surface area contributed by atoms with Gasteiger partial charge in [-0.2, -0.15) is 0 Å². The monoisotopic (exact) mass is 191 g/mol. The van der Waals surface area contributed by atoms with Crippen LogP contribution in [0.1, 0.15) is 20.8 Å². The molecule has 0 amide bonds. The third-order valence-electron chi connectivity index (χ3n) is 1.53. The van der Waals surface area contributed by atoms with Gasteiger partial charge in [0.25, 0.3) is 0 Å². The van der Waals surface area contributed by atoms with E-state index in [4.69, 9.17) is 4.74 Å². The summed E-state index contributed by atoms with van der Waals surface area (Å²) in [5, 5.41) is 0. The molecule has 0 aromatic rings. The van der Waals surface area contributed by atoms with Crippen molar-refractivity contribution in [3.8, 4) is 0 Å². The SMILES string of the molecule is CC(C)(C)N=S1(=O)CCOCC1. The van der Waals surface area contributed by atoms with Crippen molar-refractivity contribution in [2.45, 2.75) is 26.3 Å². The number of ether oxygens (including phenoxy) is 1. The molecule has 0 N–H and O–H groups in total. The predicted molar refractivity (Wildman–Crippen MR) is 50.9 cm³/mol. The molecule has 0 atom stereocenters. The molecule has 1 heterocycles. The number of hydrogen-bond donors (Lipinski definition) is 0. The number of rotatable bonds is 0. The maximum absolute atomic E-state index is 12.0. The highest BCUT2D eigenvalue weighted by Crippen LogP contribution is 2.13. The Labute approximate surface area is 74.7 Å². The van der Waals surface area contributed by atoms with Crippen LogP contribution in [0.25, 0.3) is 0 Å². The highest BCUT2D eigenvalue weighted by molar-refractivity contribution is 7.93. The van der Waals surface area contributed by atoms with Crippen LogP contribution in [-0.2, 0) is 14.5 Å². The second kappa shape index (κ2) is 3.34. The van der Waals surface area contributed by atoms with Gasteiger partial charge in [-0.15, -0.1) is 0 Å². The van der Waals surface area contributed by atoms with E-state index < -0.39 is 9.73 Å². The van der Waals surface area contributed by atoms with E-state index in [-0.39, 0.29) is 5.54 Å². The molecule has 1 saturated heterocycles. The second-order valence-electron chi connectivity index (χ2n) is 4.06. The van der Waals surface area contributed by atoms with Gasteiger partial charge < -0.3 is 4.74 Å². The van der Waals surface area contributed by atoms with Crippen molar-refractivity contribution >= 4 is 9.73 Å². The summed E-state index contributed by atoms with van der Waals surface area (Å²) in [5.41, 5.74) is -0.186. The van der Waals surface area contributed by atoms with Crippen molar-refractivity contribution < 1.29 is 8.95 Å². The predicted octanol–water partition coefficient (Wildman–Crippen LogP) is 1.28. The minimum absolute atomic E-state index is 0.186. The summed E-state index contributed by atoms with van der Waals surface area (Å²) >= 11 is 0. The fraction of sp³-hybridized carbons (Fsp3) is 1.00. The smallest absolute Gasteiger partial charge is 0.0618 e. The Morgan fingerprint density at radius 1 is 1.25 bits per heavy atom. The van der Waals surface area contributed by atoms with E-state index in [0.29, 0.717) is 24.7 Å². The van der Waals surface area contributed by atoms with E-state index in [0.717, 1.165) is 0 Å². The van der Waals surface area contributed by atoms with Crippen molar-refractivity contribution in [2.24, 2.45) is 4.36 Å². The molecule has 72 valence electrons. The van der Waals surface area contributed by atoms with Crippen molar-refractivity contribution in [3.63, 3.8) is 0 Å². The average Bonchev–Trinajstić information content (AvgIpc) is 1.83. The summed E-state index contributed by atoms with van der Waals surface area (Å²) in [6.07, 6.45) is 0. The molecule has 0 spiro atoms. The zero-order valence-corrected chi connectivity index (χ0v) is 8.82. The minimum Gasteiger partial charge on any atom is -0.379 e. The quantitative estimate of drug-likeness (QED) is 0.578. The van der Waals surface area contributed by atoms with Crippen LogP contribution >= 0.6 is 0 Å². The molecule has 0 bridgehead atoms. The van der Waals surface area contributed by atoms with Gasteiger partial charge in [-0.25, -0.2) is 8.57 Å². The number of hydrogen-bond acceptors (Lipinski definition) is 3. The summed E-state index contributed by atoms with van der Waals surface area (Å²) < 4.78 is 21.5. The molecule has 0 unspecified atom stereocenters. The van der Waals surface area contributed by atoms with Gasteiger partial charge in [-0.05, 0) is 20.8 Å². The first-order valence-electron chi connectivity index (χ1n) is 4.23. The summed E-state index contributed by atoms with van der Waals surface area (Å²) in [7, 11) is -1.95. The van der Waals surface area contributed by atoms with Crippen molar-refractivity contribution in [1.29, 1.82) is 0 Å². The lowest BCUT2D eigenvalue weighted by Crippen LogP contribution is -2.28. The van der Waals surface area contributed by atoms with Gasteiger partial charge in [0.1, 0.15) is 0 Å². The Hall–Kier alpha value is -0.0900. The largest absolute Gasteiger partial charge is 0.379 e. The summed E-state index contributed by atoms with van der Waals surface area (Å²) in [5.74, 6) is 1.20. The van der Waals surface area contributed by atoms with Crippen molar-refractivity contribution in [3.05, 3.63) is 0 Å². The molecule has 0 radical (unpaired) electrons. The van der Waals surface area contributed by atoms with Crippen LogP contribution in [0.15, 0.2) is 4.36 Å². The molecule has 4 heteroatoms. The molecule has 0 saturated carbocycles. The molecule has 1 rings (SSSR count). The van der Waals surface area contributed by atoms with Gasteiger partial charge in [0.05, 0.1) is 40.0 Å². The fourth-order valence-electron chi connectivity index (χ4n) is 1.17. The van der Waals surface area contributed by atoms with E-state index in [2.05, 4.69) is 4.36 Å². The highest BCUT2D eigenvalue weighted by Gasteiger charge is 2.18. The lowest BCUT2D eigenvalue weighted by Gasteiger charge is -2.21. The highest BCUT2D eigenvalue weighted by atomic mass is 32.2. The van der Waals surface area contributed by atoms with Gasteiger partial charge in [0.15, 0.2) is 0 Å². The zero-order chi connectivity index (χ0) is 9.24. The van der Waals surface area contributed by atoms with Crippen LogP contribution in [0, 0.1) is 0 Å². The summed E-state index contributed by atoms with van der Waals surface area (Å²) in [6.45, 7) is 7.14. The summed E-state index contributed by atoms with van der Waals surface area (Å²) in [6, 6.07) is 0. The third-order valence-corrected chi connectivity index (χ3v) is 4.02. The molecule has 3 nitrogen and oxygen atoms in total. The lowest BCUT2D eigenvalue weighted by molar-refractivity contribution is 0.158. The van der Waals surface area contributed by atoms with E-state index in [9.17, 15) is 4.21 Å². The maximum Gasteiger partial charge on any atom is 0.0618 e. The van der Waals surface area contributed by atoms with E-state index in [1.165, 1.54) is 0 Å². The Morgan fingerprint density at radius 3 is 2.17 bits per heavy atom. The van der Waals surface area contributed by atoms with E-state index >= 15 is 0 Å². The van der Waals surface area contributed by atoms with Gasteiger partial charge in [-0.3, -0.25) is 0 Å². The van der Waals surface area contributed by atoms with Crippen molar-refractivity contribution in [2.75, 3.05) is 24.7 Å². The Kier molecular flexibility index (Phi) is 2.78. The molecule has 0 aromatic heterocycles. The molecule has 0 aromatic carbocycles. The molecular formula is C8H17NO2S.